The molecule has 0 saturated carbocycles. The van der Waals surface area contributed by atoms with Gasteiger partial charge in [0, 0.05) is 0 Å². The van der Waals surface area contributed by atoms with Gasteiger partial charge in [-0.15, -0.1) is 5.73 Å². The van der Waals surface area contributed by atoms with Gasteiger partial charge in [0.15, 0.2) is 0 Å². The summed E-state index contributed by atoms with van der Waals surface area (Å²) in [6, 6.07) is 9.79. The minimum atomic E-state index is -0.0753. The second-order valence-corrected chi connectivity index (χ2v) is 2.31. The third-order valence-electron chi connectivity index (χ3n) is 1.48. The Morgan fingerprint density at radius 3 is 2.55 bits per heavy atom. The van der Waals surface area contributed by atoms with Gasteiger partial charge in [0.1, 0.15) is 0 Å². The molecule has 0 aliphatic carbocycles. The molecule has 1 aromatic rings. The highest BCUT2D eigenvalue weighted by atomic mass is 14.6. The Balaban J connectivity index is 2.84. The van der Waals surface area contributed by atoms with Crippen molar-refractivity contribution in [1.82, 2.24) is 0 Å². The number of hydrogen-bond acceptors (Lipinski definition) is 1. The standard InChI is InChI=1S/C10H11N/c1-2-6-10(11)9-7-4-3-5-8-9/h3-8,10H,1,11H2/t10-/m1/s1. The Hall–Kier alpha value is -1.30. The average Bonchev–Trinajstić information content (AvgIpc) is 2.07. The molecule has 0 saturated heterocycles. The van der Waals surface area contributed by atoms with E-state index in [1.54, 1.807) is 6.08 Å². The zero-order valence-corrected chi connectivity index (χ0v) is 6.33. The van der Waals surface area contributed by atoms with Crippen LogP contribution in [0.1, 0.15) is 11.6 Å². The van der Waals surface area contributed by atoms with Crippen molar-refractivity contribution in [3.05, 3.63) is 54.3 Å². The van der Waals surface area contributed by atoms with E-state index in [1.165, 1.54) is 0 Å². The highest BCUT2D eigenvalue weighted by Crippen LogP contribution is 2.09. The SMILES string of the molecule is C=C=C[C@@H](N)c1ccccc1. The highest BCUT2D eigenvalue weighted by Gasteiger charge is 1.97. The Labute approximate surface area is 66.9 Å². The van der Waals surface area contributed by atoms with Gasteiger partial charge in [-0.3, -0.25) is 0 Å². The van der Waals surface area contributed by atoms with Crippen molar-refractivity contribution >= 4 is 0 Å². The zero-order chi connectivity index (χ0) is 8.10. The minimum Gasteiger partial charge on any atom is -0.320 e. The zero-order valence-electron chi connectivity index (χ0n) is 6.33. The summed E-state index contributed by atoms with van der Waals surface area (Å²) in [6.07, 6.45) is 1.75. The third-order valence-corrected chi connectivity index (χ3v) is 1.48. The van der Waals surface area contributed by atoms with Crippen LogP contribution >= 0.6 is 0 Å². The van der Waals surface area contributed by atoms with Crippen LogP contribution in [0.5, 0.6) is 0 Å². The molecule has 0 aromatic heterocycles. The smallest absolute Gasteiger partial charge is 0.0555 e. The fourth-order valence-corrected chi connectivity index (χ4v) is 0.898. The van der Waals surface area contributed by atoms with Crippen molar-refractivity contribution in [2.24, 2.45) is 5.73 Å². The lowest BCUT2D eigenvalue weighted by atomic mass is 10.1. The number of rotatable bonds is 2. The lowest BCUT2D eigenvalue weighted by Gasteiger charge is -2.03. The van der Waals surface area contributed by atoms with Crippen molar-refractivity contribution in [1.29, 1.82) is 0 Å². The van der Waals surface area contributed by atoms with Gasteiger partial charge in [0.05, 0.1) is 6.04 Å². The number of benzene rings is 1. The Morgan fingerprint density at radius 1 is 1.36 bits per heavy atom. The predicted octanol–water partition coefficient (Wildman–Crippen LogP) is 2.03. The van der Waals surface area contributed by atoms with Crippen LogP contribution in [0, 0.1) is 0 Å². The van der Waals surface area contributed by atoms with E-state index in [1.807, 2.05) is 30.3 Å². The maximum Gasteiger partial charge on any atom is 0.0555 e. The van der Waals surface area contributed by atoms with Crippen molar-refractivity contribution in [3.63, 3.8) is 0 Å². The predicted molar refractivity (Wildman–Crippen MR) is 47.1 cm³/mol. The summed E-state index contributed by atoms with van der Waals surface area (Å²) in [7, 11) is 0. The van der Waals surface area contributed by atoms with E-state index in [0.29, 0.717) is 0 Å². The van der Waals surface area contributed by atoms with Crippen molar-refractivity contribution in [3.8, 4) is 0 Å². The van der Waals surface area contributed by atoms with Crippen LogP contribution in [0.2, 0.25) is 0 Å². The van der Waals surface area contributed by atoms with Crippen LogP contribution in [0.4, 0.5) is 0 Å². The highest BCUT2D eigenvalue weighted by molar-refractivity contribution is 5.21. The van der Waals surface area contributed by atoms with E-state index < -0.39 is 0 Å². The second kappa shape index (κ2) is 3.77. The fraction of sp³-hybridized carbons (Fsp3) is 0.100. The minimum absolute atomic E-state index is 0.0753. The lowest BCUT2D eigenvalue weighted by molar-refractivity contribution is 0.913. The van der Waals surface area contributed by atoms with E-state index in [4.69, 9.17) is 5.73 Å². The molecule has 0 radical (unpaired) electrons. The summed E-state index contributed by atoms with van der Waals surface area (Å²) in [5, 5.41) is 0. The van der Waals surface area contributed by atoms with Gasteiger partial charge in [-0.25, -0.2) is 0 Å². The first-order chi connectivity index (χ1) is 5.34. The molecule has 0 fully saturated rings. The molecule has 1 heteroatoms. The summed E-state index contributed by atoms with van der Waals surface area (Å²) >= 11 is 0. The fourth-order valence-electron chi connectivity index (χ4n) is 0.898. The van der Waals surface area contributed by atoms with Gasteiger partial charge < -0.3 is 5.73 Å². The molecule has 1 atom stereocenters. The van der Waals surface area contributed by atoms with E-state index in [9.17, 15) is 0 Å². The normalized spacial score (nSPS) is 11.7. The van der Waals surface area contributed by atoms with Crippen LogP contribution in [0.25, 0.3) is 0 Å². The van der Waals surface area contributed by atoms with Crippen molar-refractivity contribution in [2.45, 2.75) is 6.04 Å². The third kappa shape index (κ3) is 2.08. The van der Waals surface area contributed by atoms with Crippen molar-refractivity contribution in [2.75, 3.05) is 0 Å². The van der Waals surface area contributed by atoms with Crippen LogP contribution in [-0.4, -0.2) is 0 Å². The molecular formula is C10H11N. The molecule has 0 aliphatic rings. The summed E-state index contributed by atoms with van der Waals surface area (Å²) < 4.78 is 0. The second-order valence-electron chi connectivity index (χ2n) is 2.31. The molecule has 1 rings (SSSR count). The van der Waals surface area contributed by atoms with Crippen molar-refractivity contribution < 1.29 is 0 Å². The molecule has 0 amide bonds. The topological polar surface area (TPSA) is 26.0 Å². The molecule has 0 heterocycles. The first-order valence-electron chi connectivity index (χ1n) is 3.51. The maximum absolute atomic E-state index is 5.75. The summed E-state index contributed by atoms with van der Waals surface area (Å²) in [6.45, 7) is 3.47. The van der Waals surface area contributed by atoms with E-state index in [2.05, 4.69) is 12.3 Å². The number of hydrogen-bond donors (Lipinski definition) is 1. The number of nitrogens with two attached hydrogens (primary N) is 1. The monoisotopic (exact) mass is 145 g/mol. The van der Waals surface area contributed by atoms with Gasteiger partial charge in [0.25, 0.3) is 0 Å². The quantitative estimate of drug-likeness (QED) is 0.633. The lowest BCUT2D eigenvalue weighted by Crippen LogP contribution is -2.05. The van der Waals surface area contributed by atoms with Gasteiger partial charge in [-0.05, 0) is 11.6 Å². The maximum atomic E-state index is 5.75. The molecule has 0 spiro atoms. The summed E-state index contributed by atoms with van der Waals surface area (Å²) in [5.41, 5.74) is 9.50. The molecule has 2 N–H and O–H groups in total. The molecule has 1 aromatic carbocycles. The Kier molecular flexibility index (Phi) is 2.67. The van der Waals surface area contributed by atoms with Crippen LogP contribution in [0.15, 0.2) is 48.7 Å². The average molecular weight is 145 g/mol. The van der Waals surface area contributed by atoms with Crippen LogP contribution in [0.3, 0.4) is 0 Å². The molecular weight excluding hydrogens is 134 g/mol. The first kappa shape index (κ1) is 7.80. The van der Waals surface area contributed by atoms with E-state index >= 15 is 0 Å². The molecule has 0 aliphatic heterocycles. The molecule has 56 valence electrons. The summed E-state index contributed by atoms with van der Waals surface area (Å²) in [4.78, 5) is 0. The van der Waals surface area contributed by atoms with Gasteiger partial charge in [-0.2, -0.15) is 0 Å². The largest absolute Gasteiger partial charge is 0.320 e. The van der Waals surface area contributed by atoms with Crippen LogP contribution < -0.4 is 5.73 Å². The molecule has 0 unspecified atom stereocenters. The summed E-state index contributed by atoms with van der Waals surface area (Å²) in [5.74, 6) is 0. The van der Waals surface area contributed by atoms with Gasteiger partial charge in [0.2, 0.25) is 0 Å². The van der Waals surface area contributed by atoms with Crippen LogP contribution in [-0.2, 0) is 0 Å². The molecule has 0 bridgehead atoms. The Bertz CT molecular complexity index is 257. The molecule has 11 heavy (non-hydrogen) atoms. The van der Waals surface area contributed by atoms with Gasteiger partial charge >= 0.3 is 0 Å². The Morgan fingerprint density at radius 2 is 2.00 bits per heavy atom. The van der Waals surface area contributed by atoms with Gasteiger partial charge in [-0.1, -0.05) is 36.9 Å². The molecule has 1 nitrogen and oxygen atoms in total. The van der Waals surface area contributed by atoms with E-state index in [0.717, 1.165) is 5.56 Å². The first-order valence-corrected chi connectivity index (χ1v) is 3.51. The van der Waals surface area contributed by atoms with E-state index in [-0.39, 0.29) is 6.04 Å².